The number of hydrogen-bond acceptors (Lipinski definition) is 5. The highest BCUT2D eigenvalue weighted by Crippen LogP contribution is 2.30. The molecule has 0 aliphatic carbocycles. The average molecular weight is 419 g/mol. The molecule has 152 valence electrons. The Balaban J connectivity index is 1.49. The van der Waals surface area contributed by atoms with Gasteiger partial charge >= 0.3 is 0 Å². The highest BCUT2D eigenvalue weighted by Gasteiger charge is 2.16. The largest absolute Gasteiger partial charge is 0.494 e. The molecule has 0 fully saturated rings. The first-order valence-corrected chi connectivity index (χ1v) is 10.5. The van der Waals surface area contributed by atoms with Gasteiger partial charge in [-0.05, 0) is 61.9 Å². The third-order valence-electron chi connectivity index (χ3n) is 4.50. The lowest BCUT2D eigenvalue weighted by Gasteiger charge is -2.07. The van der Waals surface area contributed by atoms with Crippen molar-refractivity contribution in [2.45, 2.75) is 20.4 Å². The topological polar surface area (TPSA) is 69.0 Å². The number of nitrogens with zero attached hydrogens (tertiary/aromatic N) is 3. The Kier molecular flexibility index (Phi) is 5.90. The van der Waals surface area contributed by atoms with Crippen LogP contribution in [0.4, 0.5) is 5.69 Å². The molecule has 1 amide bonds. The summed E-state index contributed by atoms with van der Waals surface area (Å²) < 4.78 is 7.33. The van der Waals surface area contributed by atoms with Gasteiger partial charge in [0.15, 0.2) is 0 Å². The number of aromatic nitrogens is 3. The summed E-state index contributed by atoms with van der Waals surface area (Å²) in [6, 6.07) is 17.4. The molecule has 1 N–H and O–H groups in total. The van der Waals surface area contributed by atoms with E-state index in [1.165, 1.54) is 11.3 Å². The van der Waals surface area contributed by atoms with Crippen molar-refractivity contribution in [2.24, 2.45) is 0 Å². The lowest BCUT2D eigenvalue weighted by atomic mass is 10.2. The number of anilines is 1. The molecule has 0 atom stereocenters. The molecule has 0 aliphatic heterocycles. The number of rotatable bonds is 7. The fraction of sp³-hybridized carbons (Fsp3) is 0.174. The third-order valence-corrected chi connectivity index (χ3v) is 5.71. The van der Waals surface area contributed by atoms with Crippen molar-refractivity contribution in [1.29, 1.82) is 0 Å². The highest BCUT2D eigenvalue weighted by atomic mass is 32.1. The number of amides is 1. The molecular weight excluding hydrogens is 396 g/mol. The molecule has 0 spiro atoms. The van der Waals surface area contributed by atoms with Crippen LogP contribution >= 0.6 is 11.3 Å². The van der Waals surface area contributed by atoms with Gasteiger partial charge in [-0.2, -0.15) is 5.10 Å². The van der Waals surface area contributed by atoms with E-state index in [-0.39, 0.29) is 5.91 Å². The van der Waals surface area contributed by atoms with Gasteiger partial charge < -0.3 is 10.1 Å². The molecule has 2 aromatic carbocycles. The standard InChI is InChI=1S/C23H22N4O2S/c1-3-29-20-10-8-18(9-11-20)23-25-16(2)21(30-23)22(28)26-19-7-4-6-17(14-19)15-27-13-5-12-24-27/h4-14H,3,15H2,1-2H3,(H,26,28). The Labute approximate surface area is 179 Å². The third kappa shape index (κ3) is 4.58. The van der Waals surface area contributed by atoms with Crippen LogP contribution in [-0.4, -0.2) is 27.3 Å². The molecule has 4 aromatic rings. The van der Waals surface area contributed by atoms with Crippen LogP contribution in [0.15, 0.2) is 67.0 Å². The fourth-order valence-corrected chi connectivity index (χ4v) is 4.07. The van der Waals surface area contributed by atoms with Gasteiger partial charge in [0.2, 0.25) is 0 Å². The fourth-order valence-electron chi connectivity index (χ4n) is 3.11. The molecule has 0 bridgehead atoms. The summed E-state index contributed by atoms with van der Waals surface area (Å²) in [5.41, 5.74) is 3.49. The van der Waals surface area contributed by atoms with Crippen LogP contribution in [0.25, 0.3) is 10.6 Å². The molecule has 2 aromatic heterocycles. The summed E-state index contributed by atoms with van der Waals surface area (Å²) in [4.78, 5) is 18.1. The maximum absolute atomic E-state index is 12.9. The summed E-state index contributed by atoms with van der Waals surface area (Å²) >= 11 is 1.39. The van der Waals surface area contributed by atoms with Crippen molar-refractivity contribution in [1.82, 2.24) is 14.8 Å². The molecule has 2 heterocycles. The van der Waals surface area contributed by atoms with E-state index in [0.29, 0.717) is 23.7 Å². The monoisotopic (exact) mass is 418 g/mol. The SMILES string of the molecule is CCOc1ccc(-c2nc(C)c(C(=O)Nc3cccc(Cn4cccn4)c3)s2)cc1. The lowest BCUT2D eigenvalue weighted by molar-refractivity contribution is 0.103. The normalized spacial score (nSPS) is 10.7. The van der Waals surface area contributed by atoms with E-state index in [9.17, 15) is 4.79 Å². The van der Waals surface area contributed by atoms with Crippen LogP contribution in [0.3, 0.4) is 0 Å². The minimum atomic E-state index is -0.154. The van der Waals surface area contributed by atoms with Crippen molar-refractivity contribution in [3.8, 4) is 16.3 Å². The molecule has 4 rings (SSSR count). The van der Waals surface area contributed by atoms with Gasteiger partial charge in [-0.15, -0.1) is 11.3 Å². The Bertz CT molecular complexity index is 1130. The van der Waals surface area contributed by atoms with Crippen LogP contribution in [0.2, 0.25) is 0 Å². The summed E-state index contributed by atoms with van der Waals surface area (Å²) in [5, 5.41) is 8.03. The highest BCUT2D eigenvalue weighted by molar-refractivity contribution is 7.17. The maximum atomic E-state index is 12.9. The first-order chi connectivity index (χ1) is 14.6. The van der Waals surface area contributed by atoms with Gasteiger partial charge in [-0.1, -0.05) is 12.1 Å². The molecule has 0 unspecified atom stereocenters. The number of ether oxygens (including phenoxy) is 1. The van der Waals surface area contributed by atoms with Crippen LogP contribution in [0.1, 0.15) is 27.9 Å². The predicted molar refractivity (Wildman–Crippen MR) is 119 cm³/mol. The average Bonchev–Trinajstić information content (AvgIpc) is 3.39. The molecule has 6 nitrogen and oxygen atoms in total. The second-order valence-corrected chi connectivity index (χ2v) is 7.75. The van der Waals surface area contributed by atoms with Gasteiger partial charge in [0.25, 0.3) is 5.91 Å². The smallest absolute Gasteiger partial charge is 0.267 e. The second kappa shape index (κ2) is 8.92. The Morgan fingerprint density at radius 2 is 2.00 bits per heavy atom. The number of nitrogens with one attached hydrogen (secondary N) is 1. The van der Waals surface area contributed by atoms with Gasteiger partial charge in [-0.3, -0.25) is 9.48 Å². The molecule has 0 saturated carbocycles. The molecule has 30 heavy (non-hydrogen) atoms. The number of carbonyl (C=O) groups is 1. The van der Waals surface area contributed by atoms with Crippen molar-refractivity contribution in [3.63, 3.8) is 0 Å². The summed E-state index contributed by atoms with van der Waals surface area (Å²) in [5.74, 6) is 0.668. The quantitative estimate of drug-likeness (QED) is 0.458. The minimum Gasteiger partial charge on any atom is -0.494 e. The van der Waals surface area contributed by atoms with Crippen molar-refractivity contribution < 1.29 is 9.53 Å². The molecule has 7 heteroatoms. The van der Waals surface area contributed by atoms with Crippen LogP contribution < -0.4 is 10.1 Å². The second-order valence-electron chi connectivity index (χ2n) is 6.75. The number of aryl methyl sites for hydroxylation is 1. The first-order valence-electron chi connectivity index (χ1n) is 9.71. The Morgan fingerprint density at radius 3 is 2.73 bits per heavy atom. The zero-order valence-corrected chi connectivity index (χ0v) is 17.6. The summed E-state index contributed by atoms with van der Waals surface area (Å²) in [6.45, 7) is 5.09. The summed E-state index contributed by atoms with van der Waals surface area (Å²) in [6.07, 6.45) is 3.66. The van der Waals surface area contributed by atoms with Crippen molar-refractivity contribution >= 4 is 22.9 Å². The van der Waals surface area contributed by atoms with Gasteiger partial charge in [0.05, 0.1) is 18.8 Å². The van der Waals surface area contributed by atoms with Crippen LogP contribution in [0, 0.1) is 6.92 Å². The summed E-state index contributed by atoms with van der Waals surface area (Å²) in [7, 11) is 0. The van der Waals surface area contributed by atoms with E-state index < -0.39 is 0 Å². The number of carbonyl (C=O) groups excluding carboxylic acids is 1. The maximum Gasteiger partial charge on any atom is 0.267 e. The number of hydrogen-bond donors (Lipinski definition) is 1. The van der Waals surface area contributed by atoms with E-state index in [0.717, 1.165) is 27.6 Å². The molecule has 0 saturated heterocycles. The lowest BCUT2D eigenvalue weighted by Crippen LogP contribution is -2.12. The van der Waals surface area contributed by atoms with E-state index in [4.69, 9.17) is 4.74 Å². The Morgan fingerprint density at radius 1 is 1.17 bits per heavy atom. The minimum absolute atomic E-state index is 0.154. The number of benzene rings is 2. The van der Waals surface area contributed by atoms with Crippen LogP contribution in [0.5, 0.6) is 5.75 Å². The van der Waals surface area contributed by atoms with E-state index in [2.05, 4.69) is 15.4 Å². The predicted octanol–water partition coefficient (Wildman–Crippen LogP) is 5.01. The van der Waals surface area contributed by atoms with Gasteiger partial charge in [-0.25, -0.2) is 4.98 Å². The van der Waals surface area contributed by atoms with Crippen molar-refractivity contribution in [2.75, 3.05) is 11.9 Å². The zero-order chi connectivity index (χ0) is 20.9. The van der Waals surface area contributed by atoms with Crippen LogP contribution in [-0.2, 0) is 6.54 Å². The van der Waals surface area contributed by atoms with Gasteiger partial charge in [0.1, 0.15) is 15.6 Å². The van der Waals surface area contributed by atoms with E-state index in [1.807, 2.05) is 79.3 Å². The molecule has 0 aliphatic rings. The first kappa shape index (κ1) is 19.8. The van der Waals surface area contributed by atoms with Crippen molar-refractivity contribution in [3.05, 3.63) is 83.1 Å². The van der Waals surface area contributed by atoms with Gasteiger partial charge in [0, 0.05) is 23.6 Å². The van der Waals surface area contributed by atoms with E-state index >= 15 is 0 Å². The molecular formula is C23H22N4O2S. The van der Waals surface area contributed by atoms with E-state index in [1.54, 1.807) is 6.20 Å². The zero-order valence-electron chi connectivity index (χ0n) is 16.8. The Hall–Kier alpha value is -3.45. The molecule has 0 radical (unpaired) electrons. The number of thiazole rings is 1.